The van der Waals surface area contributed by atoms with E-state index in [2.05, 4.69) is 43.5 Å². The fourth-order valence-corrected chi connectivity index (χ4v) is 3.04. The van der Waals surface area contributed by atoms with Gasteiger partial charge in [0.1, 0.15) is 0 Å². The van der Waals surface area contributed by atoms with Gasteiger partial charge in [-0.25, -0.2) is 0 Å². The van der Waals surface area contributed by atoms with E-state index in [0.717, 1.165) is 0 Å². The van der Waals surface area contributed by atoms with Crippen molar-refractivity contribution in [2.45, 2.75) is 51.2 Å². The van der Waals surface area contributed by atoms with E-state index in [1.54, 1.807) is 7.11 Å². The molecule has 0 saturated heterocycles. The quantitative estimate of drug-likeness (QED) is 0.611. The highest BCUT2D eigenvalue weighted by Gasteiger charge is 2.30. The Labute approximate surface area is 116 Å². The number of hydrogen-bond acceptors (Lipinski definition) is 3. The largest absolute Gasteiger partial charge is 0.379 e. The van der Waals surface area contributed by atoms with Gasteiger partial charge in [0, 0.05) is 7.11 Å². The van der Waals surface area contributed by atoms with E-state index in [4.69, 9.17) is 10.6 Å². The van der Waals surface area contributed by atoms with Crippen molar-refractivity contribution in [3.63, 3.8) is 0 Å². The van der Waals surface area contributed by atoms with Gasteiger partial charge in [-0.3, -0.25) is 11.3 Å². The molecule has 3 N–H and O–H groups in total. The molecule has 3 nitrogen and oxygen atoms in total. The second-order valence-electron chi connectivity index (χ2n) is 5.85. The second kappa shape index (κ2) is 6.51. The van der Waals surface area contributed by atoms with Gasteiger partial charge in [0.2, 0.25) is 0 Å². The molecule has 1 aromatic carbocycles. The van der Waals surface area contributed by atoms with Crippen molar-refractivity contribution < 1.29 is 4.74 Å². The number of nitrogens with two attached hydrogens (primary N) is 1. The van der Waals surface area contributed by atoms with E-state index in [9.17, 15) is 0 Å². The Morgan fingerprint density at radius 3 is 2.42 bits per heavy atom. The molecule has 3 heteroatoms. The normalized spacial score (nSPS) is 19.2. The van der Waals surface area contributed by atoms with Crippen molar-refractivity contribution in [3.05, 3.63) is 35.4 Å². The third-order valence-corrected chi connectivity index (χ3v) is 4.31. The van der Waals surface area contributed by atoms with E-state index < -0.39 is 0 Å². The van der Waals surface area contributed by atoms with Gasteiger partial charge in [0.25, 0.3) is 0 Å². The Bertz CT molecular complexity index is 401. The molecule has 2 atom stereocenters. The first-order valence-corrected chi connectivity index (χ1v) is 7.26. The predicted molar refractivity (Wildman–Crippen MR) is 78.7 cm³/mol. The lowest BCUT2D eigenvalue weighted by atomic mass is 9.76. The van der Waals surface area contributed by atoms with Crippen LogP contribution >= 0.6 is 0 Å². The van der Waals surface area contributed by atoms with Crippen LogP contribution in [0.15, 0.2) is 24.3 Å². The number of methoxy groups -OCH3 is 1. The summed E-state index contributed by atoms with van der Waals surface area (Å²) in [4.78, 5) is 0. The zero-order valence-electron chi connectivity index (χ0n) is 12.2. The molecule has 2 rings (SSSR count). The zero-order valence-corrected chi connectivity index (χ0v) is 12.2. The number of nitrogens with one attached hydrogen (secondary N) is 1. The van der Waals surface area contributed by atoms with Crippen molar-refractivity contribution in [2.75, 3.05) is 7.11 Å². The number of ether oxygens (including phenoxy) is 1. The topological polar surface area (TPSA) is 47.3 Å². The van der Waals surface area contributed by atoms with Crippen molar-refractivity contribution >= 4 is 0 Å². The average Bonchev–Trinajstić information content (AvgIpc) is 2.34. The van der Waals surface area contributed by atoms with Crippen LogP contribution in [0.25, 0.3) is 0 Å². The van der Waals surface area contributed by atoms with Crippen LogP contribution in [0, 0.1) is 5.92 Å². The second-order valence-corrected chi connectivity index (χ2v) is 5.85. The zero-order chi connectivity index (χ0) is 13.8. The highest BCUT2D eigenvalue weighted by Crippen LogP contribution is 2.40. The van der Waals surface area contributed by atoms with E-state index in [1.807, 2.05) is 0 Å². The van der Waals surface area contributed by atoms with Crippen molar-refractivity contribution in [1.82, 2.24) is 5.43 Å². The molecular formula is C16H26N2O. The monoisotopic (exact) mass is 262 g/mol. The SMILES string of the molecule is COC(C(C)C)C(NN)c1ccccc1C1CCC1. The summed E-state index contributed by atoms with van der Waals surface area (Å²) in [5.41, 5.74) is 5.71. The summed E-state index contributed by atoms with van der Waals surface area (Å²) in [7, 11) is 1.76. The van der Waals surface area contributed by atoms with E-state index in [-0.39, 0.29) is 12.1 Å². The first-order chi connectivity index (χ1) is 9.19. The first kappa shape index (κ1) is 14.5. The maximum absolute atomic E-state index is 5.82. The van der Waals surface area contributed by atoms with Gasteiger partial charge in [-0.15, -0.1) is 0 Å². The number of rotatable bonds is 6. The smallest absolute Gasteiger partial charge is 0.0801 e. The number of benzene rings is 1. The molecule has 1 saturated carbocycles. The van der Waals surface area contributed by atoms with Gasteiger partial charge in [-0.1, -0.05) is 44.5 Å². The van der Waals surface area contributed by atoms with Gasteiger partial charge >= 0.3 is 0 Å². The maximum atomic E-state index is 5.82. The Balaban J connectivity index is 2.31. The minimum absolute atomic E-state index is 0.0572. The molecule has 0 aromatic heterocycles. The predicted octanol–water partition coefficient (Wildman–Crippen LogP) is 3.13. The lowest BCUT2D eigenvalue weighted by Crippen LogP contribution is -2.41. The summed E-state index contributed by atoms with van der Waals surface area (Å²) in [6, 6.07) is 8.71. The lowest BCUT2D eigenvalue weighted by Gasteiger charge is -2.34. The summed E-state index contributed by atoms with van der Waals surface area (Å²) >= 11 is 0. The molecule has 1 fully saturated rings. The van der Waals surface area contributed by atoms with E-state index in [1.165, 1.54) is 30.4 Å². The van der Waals surface area contributed by atoms with Crippen LogP contribution in [0.1, 0.15) is 56.2 Å². The van der Waals surface area contributed by atoms with Crippen LogP contribution in [-0.4, -0.2) is 13.2 Å². The molecule has 1 aromatic rings. The van der Waals surface area contributed by atoms with E-state index in [0.29, 0.717) is 11.8 Å². The van der Waals surface area contributed by atoms with Crippen LogP contribution in [0.3, 0.4) is 0 Å². The molecule has 0 spiro atoms. The summed E-state index contributed by atoms with van der Waals surface area (Å²) in [5, 5.41) is 0. The Morgan fingerprint density at radius 2 is 1.95 bits per heavy atom. The summed E-state index contributed by atoms with van der Waals surface area (Å²) in [6.45, 7) is 4.34. The highest BCUT2D eigenvalue weighted by molar-refractivity contribution is 5.35. The van der Waals surface area contributed by atoms with Crippen LogP contribution in [0.4, 0.5) is 0 Å². The molecule has 0 bridgehead atoms. The third kappa shape index (κ3) is 2.99. The molecular weight excluding hydrogens is 236 g/mol. The van der Waals surface area contributed by atoms with E-state index >= 15 is 0 Å². The first-order valence-electron chi connectivity index (χ1n) is 7.26. The fraction of sp³-hybridized carbons (Fsp3) is 0.625. The van der Waals surface area contributed by atoms with Crippen LogP contribution in [-0.2, 0) is 4.74 Å². The number of hydrogen-bond donors (Lipinski definition) is 2. The van der Waals surface area contributed by atoms with Gasteiger partial charge in [0.15, 0.2) is 0 Å². The van der Waals surface area contributed by atoms with Crippen molar-refractivity contribution in [1.29, 1.82) is 0 Å². The van der Waals surface area contributed by atoms with Crippen LogP contribution < -0.4 is 11.3 Å². The molecule has 19 heavy (non-hydrogen) atoms. The molecule has 0 radical (unpaired) electrons. The summed E-state index contributed by atoms with van der Waals surface area (Å²) in [5.74, 6) is 6.94. The van der Waals surface area contributed by atoms with Crippen LogP contribution in [0.5, 0.6) is 0 Å². The molecule has 2 unspecified atom stereocenters. The molecule has 106 valence electrons. The Hall–Kier alpha value is -0.900. The van der Waals surface area contributed by atoms with Gasteiger partial charge in [-0.2, -0.15) is 0 Å². The standard InChI is InChI=1S/C16H26N2O/c1-11(2)16(19-3)15(18-17)14-10-5-4-9-13(14)12-7-6-8-12/h4-5,9-12,15-16,18H,6-8,17H2,1-3H3. The molecule has 1 aliphatic rings. The molecule has 1 aliphatic carbocycles. The van der Waals surface area contributed by atoms with Crippen molar-refractivity contribution in [3.8, 4) is 0 Å². The fourth-order valence-electron chi connectivity index (χ4n) is 3.04. The molecule has 0 heterocycles. The number of hydrazine groups is 1. The lowest BCUT2D eigenvalue weighted by molar-refractivity contribution is 0.0322. The minimum atomic E-state index is 0.0572. The van der Waals surface area contributed by atoms with Crippen molar-refractivity contribution in [2.24, 2.45) is 11.8 Å². The summed E-state index contributed by atoms with van der Waals surface area (Å²) < 4.78 is 5.66. The van der Waals surface area contributed by atoms with Gasteiger partial charge in [-0.05, 0) is 35.8 Å². The third-order valence-electron chi connectivity index (χ3n) is 4.31. The Morgan fingerprint density at radius 1 is 1.26 bits per heavy atom. The Kier molecular flexibility index (Phi) is 4.97. The molecule has 0 amide bonds. The highest BCUT2D eigenvalue weighted by atomic mass is 16.5. The molecule has 0 aliphatic heterocycles. The average molecular weight is 262 g/mol. The van der Waals surface area contributed by atoms with Gasteiger partial charge in [0.05, 0.1) is 12.1 Å². The summed E-state index contributed by atoms with van der Waals surface area (Å²) in [6.07, 6.45) is 4.03. The maximum Gasteiger partial charge on any atom is 0.0801 e. The minimum Gasteiger partial charge on any atom is -0.379 e. The van der Waals surface area contributed by atoms with Gasteiger partial charge < -0.3 is 4.74 Å². The van der Waals surface area contributed by atoms with Crippen LogP contribution in [0.2, 0.25) is 0 Å².